The van der Waals surface area contributed by atoms with Crippen LogP contribution in [0.4, 0.5) is 0 Å². The maximum atomic E-state index is 12.9. The number of phenols is 1. The first-order valence-corrected chi connectivity index (χ1v) is 10.4. The van der Waals surface area contributed by atoms with Crippen molar-refractivity contribution in [2.75, 3.05) is 0 Å². The smallest absolute Gasteiger partial charge is 0.336 e. The Labute approximate surface area is 179 Å². The molecule has 31 heavy (non-hydrogen) atoms. The summed E-state index contributed by atoms with van der Waals surface area (Å²) in [5, 5.41) is 20.1. The number of benzene rings is 2. The number of thioether (sulfide) groups is 1. The third-order valence-corrected chi connectivity index (χ3v) is 5.94. The maximum Gasteiger partial charge on any atom is 0.336 e. The molecule has 2 aromatic carbocycles. The molecule has 0 aliphatic carbocycles. The fourth-order valence-electron chi connectivity index (χ4n) is 3.60. The Morgan fingerprint density at radius 2 is 1.94 bits per heavy atom. The molecule has 5 aromatic rings. The van der Waals surface area contributed by atoms with Crippen molar-refractivity contribution >= 4 is 39.4 Å². The fourth-order valence-corrected chi connectivity index (χ4v) is 4.53. The lowest BCUT2D eigenvalue weighted by atomic mass is 10.1. The minimum absolute atomic E-state index is 0.0237. The second-order valence-electron chi connectivity index (χ2n) is 6.90. The van der Waals surface area contributed by atoms with Crippen LogP contribution >= 0.6 is 11.8 Å². The molecule has 0 bridgehead atoms. The molecule has 0 saturated carbocycles. The van der Waals surface area contributed by atoms with E-state index >= 15 is 0 Å². The van der Waals surface area contributed by atoms with Gasteiger partial charge in [-0.3, -0.25) is 13.8 Å². The lowest BCUT2D eigenvalue weighted by Gasteiger charge is -2.10. The van der Waals surface area contributed by atoms with E-state index in [2.05, 4.69) is 16.8 Å². The molecule has 8 nitrogen and oxygen atoms in total. The molecule has 3 aromatic heterocycles. The molecule has 0 amide bonds. The summed E-state index contributed by atoms with van der Waals surface area (Å²) in [6.45, 7) is 4.04. The average Bonchev–Trinajstić information content (AvgIpc) is 3.18. The number of rotatable bonds is 5. The van der Waals surface area contributed by atoms with Crippen LogP contribution in [0.15, 0.2) is 80.3 Å². The van der Waals surface area contributed by atoms with Crippen LogP contribution in [0.3, 0.4) is 0 Å². The molecule has 0 fully saturated rings. The molecule has 0 spiro atoms. The Bertz CT molecular complexity index is 1600. The van der Waals surface area contributed by atoms with Crippen molar-refractivity contribution in [3.8, 4) is 5.75 Å². The summed E-state index contributed by atoms with van der Waals surface area (Å²) in [6.07, 6.45) is 1.64. The van der Waals surface area contributed by atoms with Gasteiger partial charge in [-0.15, -0.1) is 16.8 Å². The van der Waals surface area contributed by atoms with Gasteiger partial charge < -0.3 is 9.52 Å². The number of para-hydroxylation sites is 1. The van der Waals surface area contributed by atoms with Gasteiger partial charge in [0.25, 0.3) is 5.56 Å². The summed E-state index contributed by atoms with van der Waals surface area (Å²) in [6, 6.07) is 13.4. The van der Waals surface area contributed by atoms with Crippen molar-refractivity contribution in [2.45, 2.75) is 17.5 Å². The maximum absolute atomic E-state index is 12.9. The molecule has 1 N–H and O–H groups in total. The zero-order valence-electron chi connectivity index (χ0n) is 16.2. The van der Waals surface area contributed by atoms with Crippen LogP contribution in [0.1, 0.15) is 5.56 Å². The molecular formula is C22H16N4O4S. The normalized spacial score (nSPS) is 11.5. The highest BCUT2D eigenvalue weighted by Crippen LogP contribution is 2.28. The highest BCUT2D eigenvalue weighted by atomic mass is 32.2. The Morgan fingerprint density at radius 3 is 2.77 bits per heavy atom. The van der Waals surface area contributed by atoms with Gasteiger partial charge in [0, 0.05) is 29.8 Å². The summed E-state index contributed by atoms with van der Waals surface area (Å²) >= 11 is 1.39. The predicted molar refractivity (Wildman–Crippen MR) is 119 cm³/mol. The van der Waals surface area contributed by atoms with Crippen LogP contribution in [0.2, 0.25) is 0 Å². The van der Waals surface area contributed by atoms with Crippen molar-refractivity contribution in [1.82, 2.24) is 19.2 Å². The van der Waals surface area contributed by atoms with Gasteiger partial charge in [-0.1, -0.05) is 30.0 Å². The molecule has 0 unspecified atom stereocenters. The van der Waals surface area contributed by atoms with E-state index < -0.39 is 5.63 Å². The average molecular weight is 432 g/mol. The third-order valence-electron chi connectivity index (χ3n) is 4.96. The van der Waals surface area contributed by atoms with E-state index in [1.807, 2.05) is 22.6 Å². The highest BCUT2D eigenvalue weighted by molar-refractivity contribution is 7.98. The van der Waals surface area contributed by atoms with Gasteiger partial charge in [-0.25, -0.2) is 4.79 Å². The van der Waals surface area contributed by atoms with Crippen LogP contribution in [0.5, 0.6) is 5.75 Å². The fraction of sp³-hybridized carbons (Fsp3) is 0.0909. The SMILES string of the molecule is C=CCn1c(=O)c2ccccc2n2c(SCc3cc(=O)oc4cc(O)ccc34)nnc12. The Morgan fingerprint density at radius 1 is 1.10 bits per heavy atom. The molecule has 0 atom stereocenters. The molecule has 0 aliphatic rings. The number of hydrogen-bond acceptors (Lipinski definition) is 7. The Hall–Kier alpha value is -3.85. The van der Waals surface area contributed by atoms with Crippen molar-refractivity contribution in [2.24, 2.45) is 0 Å². The number of hydrogen-bond donors (Lipinski definition) is 1. The largest absolute Gasteiger partial charge is 0.508 e. The third kappa shape index (κ3) is 3.19. The second kappa shape index (κ2) is 7.44. The highest BCUT2D eigenvalue weighted by Gasteiger charge is 2.17. The van der Waals surface area contributed by atoms with Crippen molar-refractivity contribution in [3.05, 3.63) is 87.5 Å². The first kappa shape index (κ1) is 19.1. The molecule has 3 heterocycles. The molecule has 0 aliphatic heterocycles. The van der Waals surface area contributed by atoms with E-state index in [1.165, 1.54) is 28.5 Å². The lowest BCUT2D eigenvalue weighted by Crippen LogP contribution is -2.22. The Balaban J connectivity index is 1.65. The monoisotopic (exact) mass is 432 g/mol. The van der Waals surface area contributed by atoms with Gasteiger partial charge in [-0.2, -0.15) is 0 Å². The van der Waals surface area contributed by atoms with Gasteiger partial charge in [0.2, 0.25) is 5.78 Å². The number of aromatic hydroxyl groups is 1. The van der Waals surface area contributed by atoms with E-state index in [-0.39, 0.29) is 11.3 Å². The second-order valence-corrected chi connectivity index (χ2v) is 7.84. The van der Waals surface area contributed by atoms with Gasteiger partial charge in [-0.05, 0) is 29.8 Å². The standard InChI is InChI=1S/C22H16N4O4S/c1-2-9-25-20(29)16-5-3-4-6-17(16)26-21(25)23-24-22(26)31-12-13-10-19(28)30-18-11-14(27)7-8-15(13)18/h2-8,10-11,27H,1,9,12H2. The predicted octanol–water partition coefficient (Wildman–Crippen LogP) is 3.33. The zero-order valence-corrected chi connectivity index (χ0v) is 17.0. The summed E-state index contributed by atoms with van der Waals surface area (Å²) in [4.78, 5) is 24.9. The number of allylic oxidation sites excluding steroid dienone is 1. The van der Waals surface area contributed by atoms with E-state index in [9.17, 15) is 14.7 Å². The van der Waals surface area contributed by atoms with Crippen LogP contribution in [0, 0.1) is 0 Å². The molecular weight excluding hydrogens is 416 g/mol. The number of phenolic OH excluding ortho intramolecular Hbond substituents is 1. The molecule has 0 saturated heterocycles. The van der Waals surface area contributed by atoms with Gasteiger partial charge in [0.15, 0.2) is 5.16 Å². The summed E-state index contributed by atoms with van der Waals surface area (Å²) in [5.41, 5.74) is 1.12. The summed E-state index contributed by atoms with van der Waals surface area (Å²) in [7, 11) is 0. The Kier molecular flexibility index (Phi) is 4.59. The first-order valence-electron chi connectivity index (χ1n) is 9.43. The van der Waals surface area contributed by atoms with Crippen LogP contribution in [-0.4, -0.2) is 24.3 Å². The lowest BCUT2D eigenvalue weighted by molar-refractivity contribution is 0.473. The topological polar surface area (TPSA) is 103 Å². The minimum Gasteiger partial charge on any atom is -0.508 e. The molecule has 9 heteroatoms. The number of aromatic nitrogens is 4. The van der Waals surface area contributed by atoms with Crippen molar-refractivity contribution < 1.29 is 9.52 Å². The zero-order chi connectivity index (χ0) is 21.5. The summed E-state index contributed by atoms with van der Waals surface area (Å²) in [5.74, 6) is 0.867. The summed E-state index contributed by atoms with van der Waals surface area (Å²) < 4.78 is 8.57. The van der Waals surface area contributed by atoms with Crippen LogP contribution < -0.4 is 11.2 Å². The first-order chi connectivity index (χ1) is 15.1. The van der Waals surface area contributed by atoms with Crippen LogP contribution in [-0.2, 0) is 12.3 Å². The van der Waals surface area contributed by atoms with E-state index in [0.29, 0.717) is 39.7 Å². The van der Waals surface area contributed by atoms with Gasteiger partial charge in [0.05, 0.1) is 10.9 Å². The van der Waals surface area contributed by atoms with Crippen LogP contribution in [0.25, 0.3) is 27.6 Å². The molecule has 5 rings (SSSR count). The molecule has 154 valence electrons. The van der Waals surface area contributed by atoms with Gasteiger partial charge in [0.1, 0.15) is 11.3 Å². The minimum atomic E-state index is -0.495. The van der Waals surface area contributed by atoms with Crippen molar-refractivity contribution in [1.29, 1.82) is 0 Å². The molecule has 0 radical (unpaired) electrons. The van der Waals surface area contributed by atoms with E-state index in [1.54, 1.807) is 24.3 Å². The van der Waals surface area contributed by atoms with Crippen molar-refractivity contribution in [3.63, 3.8) is 0 Å². The van der Waals surface area contributed by atoms with Gasteiger partial charge >= 0.3 is 5.63 Å². The quantitative estimate of drug-likeness (QED) is 0.258. The number of nitrogens with zero attached hydrogens (tertiary/aromatic N) is 4. The van der Waals surface area contributed by atoms with E-state index in [0.717, 1.165) is 10.9 Å². The number of fused-ring (bicyclic) bond motifs is 4. The van der Waals surface area contributed by atoms with E-state index in [4.69, 9.17) is 4.42 Å².